The lowest BCUT2D eigenvalue weighted by Crippen LogP contribution is -2.37. The standard InChI is InChI=1S/C27H34ClNO5S3/c1-6-13-29(37(31,32)27-19(5)23-15-20(28)9-12-25(23)36-27)16-21(7-2)35-22-10-11-24(18(4)14-22)34-17-26(30)33-8-3/h9-12,14-15,21H,6-8,13,16-17H2,1-5H3/t21-/m1/s1. The van der Waals surface area contributed by atoms with E-state index >= 15 is 0 Å². The molecule has 0 saturated heterocycles. The highest BCUT2D eigenvalue weighted by molar-refractivity contribution is 8.00. The highest BCUT2D eigenvalue weighted by Crippen LogP contribution is 2.38. The maximum Gasteiger partial charge on any atom is 0.344 e. The van der Waals surface area contributed by atoms with E-state index in [0.29, 0.717) is 34.7 Å². The fourth-order valence-electron chi connectivity index (χ4n) is 3.96. The summed E-state index contributed by atoms with van der Waals surface area (Å²) in [5.74, 6) is 0.224. The summed E-state index contributed by atoms with van der Waals surface area (Å²) in [6.07, 6.45) is 1.53. The molecular weight excluding hydrogens is 550 g/mol. The summed E-state index contributed by atoms with van der Waals surface area (Å²) in [5.41, 5.74) is 1.65. The van der Waals surface area contributed by atoms with Crippen LogP contribution in [0, 0.1) is 13.8 Å². The van der Waals surface area contributed by atoms with Gasteiger partial charge in [-0.2, -0.15) is 4.31 Å². The Bertz CT molecular complexity index is 1340. The molecule has 0 aliphatic rings. The summed E-state index contributed by atoms with van der Waals surface area (Å²) in [5, 5.41) is 1.55. The number of fused-ring (bicyclic) bond motifs is 1. The van der Waals surface area contributed by atoms with Crippen LogP contribution in [-0.2, 0) is 19.6 Å². The van der Waals surface area contributed by atoms with Crippen LogP contribution >= 0.6 is 34.7 Å². The first-order chi connectivity index (χ1) is 17.6. The van der Waals surface area contributed by atoms with E-state index in [2.05, 4.69) is 6.92 Å². The molecule has 2 aromatic carbocycles. The molecule has 0 radical (unpaired) electrons. The number of rotatable bonds is 13. The van der Waals surface area contributed by atoms with Crippen molar-refractivity contribution in [2.45, 2.75) is 61.8 Å². The second kappa shape index (κ2) is 13.3. The molecule has 0 saturated carbocycles. The van der Waals surface area contributed by atoms with E-state index in [9.17, 15) is 13.2 Å². The number of aryl methyl sites for hydroxylation is 2. The Balaban J connectivity index is 1.78. The van der Waals surface area contributed by atoms with Crippen LogP contribution in [0.2, 0.25) is 5.02 Å². The summed E-state index contributed by atoms with van der Waals surface area (Å²) in [4.78, 5) is 12.6. The number of hydrogen-bond donors (Lipinski definition) is 0. The van der Waals surface area contributed by atoms with Gasteiger partial charge in [-0.15, -0.1) is 23.1 Å². The molecule has 0 N–H and O–H groups in total. The fraction of sp³-hybridized carbons (Fsp3) is 0.444. The van der Waals surface area contributed by atoms with Gasteiger partial charge in [-0.05, 0) is 86.5 Å². The van der Waals surface area contributed by atoms with E-state index in [1.165, 1.54) is 11.3 Å². The molecule has 0 bridgehead atoms. The molecule has 0 aliphatic heterocycles. The van der Waals surface area contributed by atoms with Gasteiger partial charge in [-0.3, -0.25) is 0 Å². The maximum absolute atomic E-state index is 13.8. The largest absolute Gasteiger partial charge is 0.482 e. The summed E-state index contributed by atoms with van der Waals surface area (Å²) >= 11 is 9.13. The van der Waals surface area contributed by atoms with Gasteiger partial charge in [0.1, 0.15) is 9.96 Å². The highest BCUT2D eigenvalue weighted by atomic mass is 35.5. The number of thiophene rings is 1. The minimum Gasteiger partial charge on any atom is -0.482 e. The molecule has 0 unspecified atom stereocenters. The number of carbonyl (C=O) groups is 1. The molecule has 3 rings (SSSR count). The second-order valence-electron chi connectivity index (χ2n) is 8.69. The number of carbonyl (C=O) groups excluding carboxylic acids is 1. The van der Waals surface area contributed by atoms with Crippen molar-refractivity contribution in [3.8, 4) is 5.75 Å². The van der Waals surface area contributed by atoms with Crippen molar-refractivity contribution in [2.24, 2.45) is 0 Å². The Morgan fingerprint density at radius 3 is 2.54 bits per heavy atom. The number of halogens is 1. The van der Waals surface area contributed by atoms with E-state index in [1.807, 2.05) is 51.1 Å². The minimum absolute atomic E-state index is 0.0659. The first-order valence-corrected chi connectivity index (χ1v) is 15.9. The Labute approximate surface area is 233 Å². The minimum atomic E-state index is -3.67. The van der Waals surface area contributed by atoms with Gasteiger partial charge in [0.05, 0.1) is 6.61 Å². The number of ether oxygens (including phenoxy) is 2. The van der Waals surface area contributed by atoms with Gasteiger partial charge in [0, 0.05) is 33.0 Å². The van der Waals surface area contributed by atoms with Gasteiger partial charge < -0.3 is 9.47 Å². The molecule has 1 atom stereocenters. The quantitative estimate of drug-likeness (QED) is 0.158. The number of benzene rings is 2. The van der Waals surface area contributed by atoms with Crippen molar-refractivity contribution in [1.82, 2.24) is 4.31 Å². The lowest BCUT2D eigenvalue weighted by Gasteiger charge is -2.26. The van der Waals surface area contributed by atoms with Crippen LogP contribution < -0.4 is 4.74 Å². The third-order valence-corrected chi connectivity index (χ3v) is 11.2. The normalized spacial score (nSPS) is 12.7. The summed E-state index contributed by atoms with van der Waals surface area (Å²) in [6, 6.07) is 11.3. The van der Waals surface area contributed by atoms with Crippen LogP contribution in [0.1, 0.15) is 44.7 Å². The number of sulfonamides is 1. The van der Waals surface area contributed by atoms with E-state index in [-0.39, 0.29) is 11.9 Å². The number of nitrogens with zero attached hydrogens (tertiary/aromatic N) is 1. The zero-order chi connectivity index (χ0) is 27.2. The van der Waals surface area contributed by atoms with Crippen LogP contribution in [0.25, 0.3) is 10.1 Å². The fourth-order valence-corrected chi connectivity index (χ4v) is 8.88. The maximum atomic E-state index is 13.8. The van der Waals surface area contributed by atoms with Gasteiger partial charge >= 0.3 is 5.97 Å². The van der Waals surface area contributed by atoms with Crippen LogP contribution in [0.4, 0.5) is 0 Å². The van der Waals surface area contributed by atoms with Crippen molar-refractivity contribution >= 4 is 60.8 Å². The first-order valence-electron chi connectivity index (χ1n) is 12.3. The molecule has 1 heterocycles. The SMILES string of the molecule is CCCN(C[C@@H](CC)Sc1ccc(OCC(=O)OCC)c(C)c1)S(=O)(=O)c1sc2ccc(Cl)cc2c1C. The average Bonchev–Trinajstić information content (AvgIpc) is 3.19. The molecule has 0 aliphatic carbocycles. The molecular formula is C27H34ClNO5S3. The lowest BCUT2D eigenvalue weighted by molar-refractivity contribution is -0.145. The van der Waals surface area contributed by atoms with Crippen LogP contribution in [0.15, 0.2) is 45.5 Å². The van der Waals surface area contributed by atoms with E-state index < -0.39 is 16.0 Å². The van der Waals surface area contributed by atoms with Crippen molar-refractivity contribution in [1.29, 1.82) is 0 Å². The molecule has 0 spiro atoms. The number of hydrogen-bond acceptors (Lipinski definition) is 7. The van der Waals surface area contributed by atoms with Gasteiger partial charge in [0.25, 0.3) is 10.0 Å². The molecule has 0 fully saturated rings. The zero-order valence-electron chi connectivity index (χ0n) is 21.9. The van der Waals surface area contributed by atoms with Crippen LogP contribution in [-0.4, -0.2) is 50.2 Å². The first kappa shape index (κ1) is 29.8. The summed E-state index contributed by atoms with van der Waals surface area (Å²) < 4.78 is 41.1. The van der Waals surface area contributed by atoms with Crippen molar-refractivity contribution < 1.29 is 22.7 Å². The third-order valence-electron chi connectivity index (χ3n) is 5.86. The van der Waals surface area contributed by atoms with Gasteiger partial charge in [0.2, 0.25) is 0 Å². The molecule has 202 valence electrons. The van der Waals surface area contributed by atoms with Crippen molar-refractivity contribution in [3.63, 3.8) is 0 Å². The van der Waals surface area contributed by atoms with Gasteiger partial charge in [0.15, 0.2) is 6.61 Å². The lowest BCUT2D eigenvalue weighted by atomic mass is 10.2. The number of esters is 1. The van der Waals surface area contributed by atoms with E-state index in [4.69, 9.17) is 21.1 Å². The highest BCUT2D eigenvalue weighted by Gasteiger charge is 2.30. The Morgan fingerprint density at radius 2 is 1.89 bits per heavy atom. The summed E-state index contributed by atoms with van der Waals surface area (Å²) in [6.45, 7) is 10.6. The molecule has 10 heteroatoms. The Kier molecular flexibility index (Phi) is 10.7. The smallest absolute Gasteiger partial charge is 0.344 e. The third kappa shape index (κ3) is 7.41. The van der Waals surface area contributed by atoms with Crippen LogP contribution in [0.5, 0.6) is 5.75 Å². The predicted molar refractivity (Wildman–Crippen MR) is 154 cm³/mol. The second-order valence-corrected chi connectivity index (χ2v) is 13.7. The van der Waals surface area contributed by atoms with Crippen molar-refractivity contribution in [3.05, 3.63) is 52.5 Å². The molecule has 1 aromatic heterocycles. The van der Waals surface area contributed by atoms with Crippen LogP contribution in [0.3, 0.4) is 0 Å². The summed E-state index contributed by atoms with van der Waals surface area (Å²) in [7, 11) is -3.67. The van der Waals surface area contributed by atoms with E-state index in [1.54, 1.807) is 29.1 Å². The Morgan fingerprint density at radius 1 is 1.14 bits per heavy atom. The molecule has 6 nitrogen and oxygen atoms in total. The van der Waals surface area contributed by atoms with E-state index in [0.717, 1.165) is 39.0 Å². The zero-order valence-corrected chi connectivity index (χ0v) is 25.1. The van der Waals surface area contributed by atoms with Gasteiger partial charge in [-0.25, -0.2) is 13.2 Å². The van der Waals surface area contributed by atoms with Crippen molar-refractivity contribution in [2.75, 3.05) is 26.3 Å². The van der Waals surface area contributed by atoms with Gasteiger partial charge in [-0.1, -0.05) is 25.4 Å². The molecule has 37 heavy (non-hydrogen) atoms. The topological polar surface area (TPSA) is 72.9 Å². The average molecular weight is 584 g/mol. The monoisotopic (exact) mass is 583 g/mol. The number of thioether (sulfide) groups is 1. The molecule has 3 aromatic rings. The Hall–Kier alpha value is -1.78. The predicted octanol–water partition coefficient (Wildman–Crippen LogP) is 7.09. The molecule has 0 amide bonds.